The molecule has 2 aliphatic carbocycles. The van der Waals surface area contributed by atoms with Crippen LogP contribution in [0.2, 0.25) is 0 Å². The molecular formula is C21H32N2O7. The third kappa shape index (κ3) is 8.92. The maximum atomic E-state index is 11.9. The molecule has 0 spiro atoms. The highest BCUT2D eigenvalue weighted by molar-refractivity contribution is 5.86. The van der Waals surface area contributed by atoms with E-state index in [0.29, 0.717) is 0 Å². The van der Waals surface area contributed by atoms with Crippen LogP contribution in [0.5, 0.6) is 0 Å². The molecule has 2 fully saturated rings. The molecule has 9 nitrogen and oxygen atoms in total. The molecule has 0 aliphatic heterocycles. The number of hydroxylamine groups is 2. The number of Topliss-reactive ketones (excluding diaryl/α,β-unsaturated/α-hetero) is 1. The molecule has 0 saturated heterocycles. The highest BCUT2D eigenvalue weighted by Crippen LogP contribution is 2.24. The first-order valence-corrected chi connectivity index (χ1v) is 11.0. The normalized spacial score (nSPS) is 17.6. The molecule has 0 atom stereocenters. The van der Waals surface area contributed by atoms with Gasteiger partial charge < -0.3 is 9.68 Å². The monoisotopic (exact) mass is 424 g/mol. The van der Waals surface area contributed by atoms with Gasteiger partial charge in [-0.25, -0.2) is 9.59 Å². The number of hydrogen-bond acceptors (Lipinski definition) is 7. The van der Waals surface area contributed by atoms with E-state index in [9.17, 15) is 24.0 Å². The minimum atomic E-state index is -0.699. The summed E-state index contributed by atoms with van der Waals surface area (Å²) in [4.78, 5) is 68.4. The van der Waals surface area contributed by atoms with E-state index in [1.807, 2.05) is 0 Å². The van der Waals surface area contributed by atoms with Gasteiger partial charge in [0.2, 0.25) is 0 Å². The minimum Gasteiger partial charge on any atom is -0.341 e. The zero-order chi connectivity index (χ0) is 21.8. The summed E-state index contributed by atoms with van der Waals surface area (Å²) in [6, 6.07) is 0. The summed E-state index contributed by atoms with van der Waals surface area (Å²) in [6.07, 6.45) is 8.81. The summed E-state index contributed by atoms with van der Waals surface area (Å²) in [7, 11) is 0. The molecule has 0 heterocycles. The lowest BCUT2D eigenvalue weighted by molar-refractivity contribution is -0.161. The smallest absolute Gasteiger partial charge is 0.332 e. The number of hydrogen-bond donors (Lipinski definition) is 2. The summed E-state index contributed by atoms with van der Waals surface area (Å²) in [6.45, 7) is 0. The van der Waals surface area contributed by atoms with Crippen molar-refractivity contribution >= 4 is 29.5 Å². The largest absolute Gasteiger partial charge is 0.341 e. The van der Waals surface area contributed by atoms with Crippen molar-refractivity contribution in [2.75, 3.05) is 0 Å². The molecule has 2 saturated carbocycles. The molecule has 0 aromatic carbocycles. The third-order valence-corrected chi connectivity index (χ3v) is 5.70. The number of carbonyl (C=O) groups excluding carboxylic acids is 5. The summed E-state index contributed by atoms with van der Waals surface area (Å²) in [5.74, 6) is -2.55. The van der Waals surface area contributed by atoms with Crippen LogP contribution in [0.1, 0.15) is 89.9 Å². The molecule has 2 aliphatic rings. The summed E-state index contributed by atoms with van der Waals surface area (Å²) < 4.78 is 0. The van der Waals surface area contributed by atoms with Crippen LogP contribution in [-0.4, -0.2) is 29.5 Å². The zero-order valence-corrected chi connectivity index (χ0v) is 17.4. The molecule has 0 unspecified atom stereocenters. The topological polar surface area (TPSA) is 128 Å². The predicted molar refractivity (Wildman–Crippen MR) is 105 cm³/mol. The molecule has 2 amide bonds. The maximum absolute atomic E-state index is 11.9. The predicted octanol–water partition coefficient (Wildman–Crippen LogP) is 2.43. The van der Waals surface area contributed by atoms with Crippen LogP contribution in [0.25, 0.3) is 0 Å². The quantitative estimate of drug-likeness (QED) is 0.573. The number of carbonyl (C=O) groups is 5. The van der Waals surface area contributed by atoms with Crippen LogP contribution in [0, 0.1) is 11.8 Å². The van der Waals surface area contributed by atoms with E-state index in [1.165, 1.54) is 0 Å². The van der Waals surface area contributed by atoms with Gasteiger partial charge in [-0.2, -0.15) is 11.0 Å². The Morgan fingerprint density at radius 3 is 1.30 bits per heavy atom. The molecule has 2 rings (SSSR count). The van der Waals surface area contributed by atoms with Gasteiger partial charge in [-0.15, -0.1) is 0 Å². The van der Waals surface area contributed by atoms with Gasteiger partial charge >= 0.3 is 11.9 Å². The molecule has 168 valence electrons. The fourth-order valence-corrected chi connectivity index (χ4v) is 3.82. The average molecular weight is 424 g/mol. The highest BCUT2D eigenvalue weighted by Gasteiger charge is 2.23. The zero-order valence-electron chi connectivity index (χ0n) is 17.4. The van der Waals surface area contributed by atoms with Gasteiger partial charge in [-0.05, 0) is 25.7 Å². The SMILES string of the molecule is O=C(CCC(=O)ONC(=O)C1CCCCC1)CCC(=O)ONC(=O)C1CCCCC1. The molecule has 0 radical (unpaired) electrons. The molecule has 0 bridgehead atoms. The Kier molecular flexibility index (Phi) is 10.3. The Labute approximate surface area is 176 Å². The Morgan fingerprint density at radius 2 is 0.933 bits per heavy atom. The summed E-state index contributed by atoms with van der Waals surface area (Å²) in [5, 5.41) is 0. The van der Waals surface area contributed by atoms with E-state index < -0.39 is 11.9 Å². The van der Waals surface area contributed by atoms with Crippen molar-refractivity contribution in [2.24, 2.45) is 11.8 Å². The number of nitrogens with one attached hydrogen (secondary N) is 2. The number of ketones is 1. The van der Waals surface area contributed by atoms with Crippen LogP contribution >= 0.6 is 0 Å². The molecule has 9 heteroatoms. The van der Waals surface area contributed by atoms with E-state index in [-0.39, 0.29) is 55.1 Å². The Morgan fingerprint density at radius 1 is 0.567 bits per heavy atom. The molecule has 0 aromatic heterocycles. The summed E-state index contributed by atoms with van der Waals surface area (Å²) in [5.41, 5.74) is 4.33. The minimum absolute atomic E-state index is 0.0974. The molecule has 2 N–H and O–H groups in total. The van der Waals surface area contributed by atoms with E-state index in [2.05, 4.69) is 11.0 Å². The van der Waals surface area contributed by atoms with Crippen LogP contribution in [0.4, 0.5) is 0 Å². The van der Waals surface area contributed by atoms with Crippen LogP contribution in [-0.2, 0) is 33.6 Å². The van der Waals surface area contributed by atoms with Crippen molar-refractivity contribution in [2.45, 2.75) is 89.9 Å². The van der Waals surface area contributed by atoms with Gasteiger partial charge in [0.25, 0.3) is 11.8 Å². The van der Waals surface area contributed by atoms with Crippen LogP contribution < -0.4 is 11.0 Å². The fraction of sp³-hybridized carbons (Fsp3) is 0.762. The van der Waals surface area contributed by atoms with Crippen LogP contribution in [0.15, 0.2) is 0 Å². The first kappa shape index (κ1) is 23.8. The number of rotatable bonds is 8. The lowest BCUT2D eigenvalue weighted by Gasteiger charge is -2.20. The summed E-state index contributed by atoms with van der Waals surface area (Å²) >= 11 is 0. The first-order chi connectivity index (χ1) is 14.5. The third-order valence-electron chi connectivity index (χ3n) is 5.70. The van der Waals surface area contributed by atoms with Crippen molar-refractivity contribution in [1.82, 2.24) is 11.0 Å². The van der Waals surface area contributed by atoms with Crippen LogP contribution in [0.3, 0.4) is 0 Å². The lowest BCUT2D eigenvalue weighted by atomic mass is 9.89. The van der Waals surface area contributed by atoms with Crippen molar-refractivity contribution in [3.05, 3.63) is 0 Å². The van der Waals surface area contributed by atoms with Crippen molar-refractivity contribution in [1.29, 1.82) is 0 Å². The average Bonchev–Trinajstić information content (AvgIpc) is 2.79. The van der Waals surface area contributed by atoms with Gasteiger partial charge in [0, 0.05) is 24.7 Å². The van der Waals surface area contributed by atoms with Gasteiger partial charge in [-0.3, -0.25) is 14.4 Å². The molecule has 30 heavy (non-hydrogen) atoms. The van der Waals surface area contributed by atoms with E-state index >= 15 is 0 Å². The lowest BCUT2D eigenvalue weighted by Crippen LogP contribution is -2.34. The van der Waals surface area contributed by atoms with Crippen molar-refractivity contribution in [3.8, 4) is 0 Å². The van der Waals surface area contributed by atoms with Crippen molar-refractivity contribution < 1.29 is 33.6 Å². The highest BCUT2D eigenvalue weighted by atomic mass is 16.7. The fourth-order valence-electron chi connectivity index (χ4n) is 3.82. The van der Waals surface area contributed by atoms with Gasteiger partial charge in [0.15, 0.2) is 0 Å². The number of amides is 2. The second-order valence-corrected chi connectivity index (χ2v) is 8.09. The maximum Gasteiger partial charge on any atom is 0.332 e. The van der Waals surface area contributed by atoms with Gasteiger partial charge in [0.05, 0.1) is 12.8 Å². The van der Waals surface area contributed by atoms with Crippen molar-refractivity contribution in [3.63, 3.8) is 0 Å². The Bertz CT molecular complexity index is 571. The first-order valence-electron chi connectivity index (χ1n) is 11.0. The van der Waals surface area contributed by atoms with Gasteiger partial charge in [-0.1, -0.05) is 38.5 Å². The van der Waals surface area contributed by atoms with Gasteiger partial charge in [0.1, 0.15) is 5.78 Å². The Hall–Kier alpha value is -2.45. The van der Waals surface area contributed by atoms with E-state index in [4.69, 9.17) is 9.68 Å². The second-order valence-electron chi connectivity index (χ2n) is 8.09. The van der Waals surface area contributed by atoms with E-state index in [0.717, 1.165) is 64.2 Å². The van der Waals surface area contributed by atoms with E-state index in [1.54, 1.807) is 0 Å². The standard InChI is InChI=1S/C21H32N2O7/c24-17(11-13-18(25)29-22-20(27)15-7-3-1-4-8-15)12-14-19(26)30-23-21(28)16-9-5-2-6-10-16/h15-16H,1-14H2,(H,22,27)(H,23,28). The second kappa shape index (κ2) is 13.0. The Balaban J connectivity index is 1.52. The molecular weight excluding hydrogens is 392 g/mol. The molecule has 0 aromatic rings.